The molecule has 0 fully saturated rings. The second-order valence-electron chi connectivity index (χ2n) is 11.3. The van der Waals surface area contributed by atoms with E-state index in [1.807, 2.05) is 20.9 Å². The predicted octanol–water partition coefficient (Wildman–Crippen LogP) is 5.64. The van der Waals surface area contributed by atoms with Crippen molar-refractivity contribution >= 4 is 34.6 Å². The van der Waals surface area contributed by atoms with E-state index in [4.69, 9.17) is 19.6 Å². The van der Waals surface area contributed by atoms with Crippen LogP contribution in [-0.4, -0.2) is 67.1 Å². The van der Waals surface area contributed by atoms with Crippen molar-refractivity contribution in [2.24, 2.45) is 7.05 Å². The van der Waals surface area contributed by atoms with E-state index in [1.165, 1.54) is 0 Å². The maximum Gasteiger partial charge on any atom is 0.344 e. The van der Waals surface area contributed by atoms with Crippen molar-refractivity contribution in [3.05, 3.63) is 71.2 Å². The van der Waals surface area contributed by atoms with E-state index in [1.54, 1.807) is 58.1 Å². The number of ether oxygens (including phenoxy) is 2. The average molecular weight is 646 g/mol. The Morgan fingerprint density at radius 1 is 0.915 bits per heavy atom. The summed E-state index contributed by atoms with van der Waals surface area (Å²) in [5, 5.41) is 23.3. The van der Waals surface area contributed by atoms with Gasteiger partial charge in [-0.15, -0.1) is 0 Å². The third-order valence-corrected chi connectivity index (χ3v) is 7.75. The van der Waals surface area contributed by atoms with Crippen LogP contribution < -0.4 is 14.4 Å². The summed E-state index contributed by atoms with van der Waals surface area (Å²) in [6, 6.07) is 13.6. The van der Waals surface area contributed by atoms with E-state index in [2.05, 4.69) is 17.0 Å². The van der Waals surface area contributed by atoms with Crippen molar-refractivity contribution in [1.82, 2.24) is 19.7 Å². The molecule has 0 aliphatic heterocycles. The van der Waals surface area contributed by atoms with Crippen LogP contribution in [0.1, 0.15) is 80.3 Å². The monoisotopic (exact) mass is 645 g/mol. The Hall–Kier alpha value is -5.00. The summed E-state index contributed by atoms with van der Waals surface area (Å²) in [5.41, 5.74) is 4.10. The molecule has 0 bridgehead atoms. The first kappa shape index (κ1) is 34.9. The summed E-state index contributed by atoms with van der Waals surface area (Å²) in [6.45, 7) is 6.07. The minimum absolute atomic E-state index is 0.238. The van der Waals surface area contributed by atoms with E-state index in [-0.39, 0.29) is 18.1 Å². The van der Waals surface area contributed by atoms with Crippen molar-refractivity contribution in [3.63, 3.8) is 0 Å². The van der Waals surface area contributed by atoms with Crippen molar-refractivity contribution < 1.29 is 34.1 Å². The number of aliphatic carboxylic acids is 1. The predicted molar refractivity (Wildman–Crippen MR) is 177 cm³/mol. The molecule has 250 valence electrons. The van der Waals surface area contributed by atoms with Gasteiger partial charge in [-0.1, -0.05) is 45.7 Å². The van der Waals surface area contributed by atoms with Crippen LogP contribution in [0.15, 0.2) is 48.5 Å². The lowest BCUT2D eigenvalue weighted by Crippen LogP contribution is -2.36. The smallest absolute Gasteiger partial charge is 0.344 e. The third-order valence-electron chi connectivity index (χ3n) is 7.75. The van der Waals surface area contributed by atoms with Gasteiger partial charge in [-0.25, -0.2) is 14.6 Å². The van der Waals surface area contributed by atoms with Crippen molar-refractivity contribution in [2.45, 2.75) is 78.2 Å². The molecule has 2 heterocycles. The summed E-state index contributed by atoms with van der Waals surface area (Å²) >= 11 is 0. The highest BCUT2D eigenvalue weighted by atomic mass is 16.5. The van der Waals surface area contributed by atoms with Gasteiger partial charge in [0.25, 0.3) is 5.91 Å². The lowest BCUT2D eigenvalue weighted by atomic mass is 10.1. The molecule has 2 aromatic heterocycles. The van der Waals surface area contributed by atoms with Crippen molar-refractivity contribution in [3.8, 4) is 11.6 Å². The highest BCUT2D eigenvalue weighted by Gasteiger charge is 2.22. The van der Waals surface area contributed by atoms with Gasteiger partial charge >= 0.3 is 11.9 Å². The number of aromatic carboxylic acids is 1. The van der Waals surface area contributed by atoms with E-state index in [0.717, 1.165) is 42.5 Å². The van der Waals surface area contributed by atoms with Gasteiger partial charge < -0.3 is 24.6 Å². The number of unbranched alkanes of at least 4 members (excludes halogenated alkanes) is 1. The van der Waals surface area contributed by atoms with Crippen LogP contribution in [-0.2, 0) is 35.9 Å². The minimum Gasteiger partial charge on any atom is -0.479 e. The zero-order valence-corrected chi connectivity index (χ0v) is 27.4. The SMILES string of the molecule is CCCc1nn(C)c2c(OCC(=O)N(CCCCc3ccc(C(=O)O)cc3)c3ccc(OC(CCC)C(=O)O)cc3)nc(CC)nc12. The Morgan fingerprint density at radius 3 is 2.26 bits per heavy atom. The fourth-order valence-electron chi connectivity index (χ4n) is 5.30. The highest BCUT2D eigenvalue weighted by molar-refractivity contribution is 5.95. The van der Waals surface area contributed by atoms with Crippen LogP contribution in [0.2, 0.25) is 0 Å². The molecule has 2 aromatic carbocycles. The first-order valence-corrected chi connectivity index (χ1v) is 16.1. The zero-order chi connectivity index (χ0) is 33.9. The molecule has 0 aliphatic carbocycles. The van der Waals surface area contributed by atoms with Gasteiger partial charge in [-0.3, -0.25) is 9.48 Å². The van der Waals surface area contributed by atoms with Crippen LogP contribution in [0.5, 0.6) is 11.6 Å². The largest absolute Gasteiger partial charge is 0.479 e. The third kappa shape index (κ3) is 9.05. The Bertz CT molecular complexity index is 1670. The molecular weight excluding hydrogens is 602 g/mol. The molecule has 4 aromatic rings. The summed E-state index contributed by atoms with van der Waals surface area (Å²) in [7, 11) is 1.81. The molecule has 1 amide bonds. The number of rotatable bonds is 18. The number of anilines is 1. The molecule has 1 unspecified atom stereocenters. The number of carboxylic acid groups (broad SMARTS) is 2. The minimum atomic E-state index is -1.03. The number of hydrogen-bond donors (Lipinski definition) is 2. The maximum atomic E-state index is 13.8. The maximum absolute atomic E-state index is 13.8. The summed E-state index contributed by atoms with van der Waals surface area (Å²) in [4.78, 5) is 47.5. The highest BCUT2D eigenvalue weighted by Crippen LogP contribution is 2.27. The first-order valence-electron chi connectivity index (χ1n) is 16.1. The molecule has 0 aliphatic rings. The van der Waals surface area contributed by atoms with Gasteiger partial charge in [-0.2, -0.15) is 10.1 Å². The number of carboxylic acids is 2. The van der Waals surface area contributed by atoms with E-state index in [9.17, 15) is 19.5 Å². The molecule has 12 heteroatoms. The fraction of sp³-hybridized carbons (Fsp3) is 0.429. The molecule has 0 radical (unpaired) electrons. The second kappa shape index (κ2) is 16.5. The topological polar surface area (TPSA) is 157 Å². The van der Waals surface area contributed by atoms with Gasteiger partial charge in [0.05, 0.1) is 11.3 Å². The molecule has 1 atom stereocenters. The quantitative estimate of drug-likeness (QED) is 0.130. The van der Waals surface area contributed by atoms with Crippen LogP contribution in [0, 0.1) is 0 Å². The van der Waals surface area contributed by atoms with Crippen LogP contribution in [0.3, 0.4) is 0 Å². The van der Waals surface area contributed by atoms with Crippen LogP contribution >= 0.6 is 0 Å². The number of nitrogens with zero attached hydrogens (tertiary/aromatic N) is 5. The Morgan fingerprint density at radius 2 is 1.64 bits per heavy atom. The van der Waals surface area contributed by atoms with Crippen molar-refractivity contribution in [2.75, 3.05) is 18.1 Å². The number of aryl methyl sites for hydroxylation is 4. The Labute approximate surface area is 274 Å². The van der Waals surface area contributed by atoms with Gasteiger partial charge in [0.15, 0.2) is 12.7 Å². The number of carbonyl (C=O) groups is 3. The van der Waals surface area contributed by atoms with Gasteiger partial charge in [-0.05, 0) is 74.1 Å². The average Bonchev–Trinajstić information content (AvgIpc) is 3.38. The first-order chi connectivity index (χ1) is 22.6. The van der Waals surface area contributed by atoms with Gasteiger partial charge in [0, 0.05) is 25.7 Å². The lowest BCUT2D eigenvalue weighted by molar-refractivity contribution is -0.145. The Balaban J connectivity index is 1.52. The van der Waals surface area contributed by atoms with Gasteiger partial charge in [0.2, 0.25) is 5.88 Å². The molecular formula is C35H43N5O7. The molecule has 12 nitrogen and oxygen atoms in total. The number of hydrogen-bond acceptors (Lipinski definition) is 8. The molecule has 4 rings (SSSR count). The number of amides is 1. The molecule has 2 N–H and O–H groups in total. The standard InChI is InChI=1S/C35H43N5O7/c1-5-10-27-31-32(39(4)38-27)33(37-29(7-3)36-31)46-22-30(41)40(21-9-8-12-23-13-15-24(16-14-23)34(42)43)25-17-19-26(20-18-25)47-28(11-6-2)35(44)45/h13-20,28H,5-12,21-22H2,1-4H3,(H,42,43)(H,44,45). The normalized spacial score (nSPS) is 11.7. The number of aromatic nitrogens is 4. The van der Waals surface area contributed by atoms with E-state index in [0.29, 0.717) is 60.9 Å². The van der Waals surface area contributed by atoms with E-state index >= 15 is 0 Å². The summed E-state index contributed by atoms with van der Waals surface area (Å²) < 4.78 is 13.5. The Kier molecular flexibility index (Phi) is 12.3. The van der Waals surface area contributed by atoms with Crippen molar-refractivity contribution in [1.29, 1.82) is 0 Å². The van der Waals surface area contributed by atoms with Crippen LogP contribution in [0.4, 0.5) is 5.69 Å². The van der Waals surface area contributed by atoms with E-state index < -0.39 is 18.0 Å². The molecule has 0 saturated carbocycles. The molecule has 0 saturated heterocycles. The molecule has 47 heavy (non-hydrogen) atoms. The number of fused-ring (bicyclic) bond motifs is 1. The second-order valence-corrected chi connectivity index (χ2v) is 11.3. The number of benzene rings is 2. The zero-order valence-electron chi connectivity index (χ0n) is 27.4. The van der Waals surface area contributed by atoms with Gasteiger partial charge in [0.1, 0.15) is 22.6 Å². The number of carbonyl (C=O) groups excluding carboxylic acids is 1. The molecule has 0 spiro atoms. The fourth-order valence-corrected chi connectivity index (χ4v) is 5.30. The summed E-state index contributed by atoms with van der Waals surface area (Å²) in [5.74, 6) is -0.954. The lowest BCUT2D eigenvalue weighted by Gasteiger charge is -2.24. The van der Waals surface area contributed by atoms with Crippen LogP contribution in [0.25, 0.3) is 11.0 Å². The summed E-state index contributed by atoms with van der Waals surface area (Å²) in [6.07, 6.45) is 4.51.